The van der Waals surface area contributed by atoms with Gasteiger partial charge < -0.3 is 20.2 Å². The van der Waals surface area contributed by atoms with E-state index in [0.717, 1.165) is 18.6 Å². The van der Waals surface area contributed by atoms with Crippen LogP contribution in [0.2, 0.25) is 0 Å². The molecule has 4 heterocycles. The molecule has 2 aliphatic rings. The van der Waals surface area contributed by atoms with Crippen molar-refractivity contribution in [1.29, 1.82) is 0 Å². The van der Waals surface area contributed by atoms with Crippen LogP contribution in [0.4, 0.5) is 25.1 Å². The normalized spacial score (nSPS) is 19.4. The van der Waals surface area contributed by atoms with Crippen molar-refractivity contribution in [3.05, 3.63) is 53.9 Å². The van der Waals surface area contributed by atoms with Crippen molar-refractivity contribution < 1.29 is 18.7 Å². The molecule has 156 valence electrons. The van der Waals surface area contributed by atoms with Crippen LogP contribution in [0, 0.1) is 11.6 Å². The predicted molar refractivity (Wildman–Crippen MR) is 105 cm³/mol. The molecule has 2 aliphatic heterocycles. The number of nitrogens with zero attached hydrogens (tertiary/aromatic N) is 5. The van der Waals surface area contributed by atoms with E-state index in [1.54, 1.807) is 12.3 Å². The average molecular weight is 414 g/mol. The van der Waals surface area contributed by atoms with Gasteiger partial charge in [-0.2, -0.15) is 5.10 Å². The number of fused-ring (bicyclic) bond motifs is 1. The SMILES string of the molecule is O=C(Nc1cnn2ccc(N3CCC[C@@H]3c3cc(F)ccc3F)nc12)N1CC(O)C1. The summed E-state index contributed by atoms with van der Waals surface area (Å²) in [6, 6.07) is 4.62. The zero-order valence-electron chi connectivity index (χ0n) is 16.0. The van der Waals surface area contributed by atoms with Crippen LogP contribution < -0.4 is 10.2 Å². The fourth-order valence-corrected chi connectivity index (χ4v) is 4.06. The summed E-state index contributed by atoms with van der Waals surface area (Å²) in [4.78, 5) is 20.4. The number of carbonyl (C=O) groups excluding carboxylic acids is 1. The molecular formula is C20H20F2N6O2. The second-order valence-corrected chi connectivity index (χ2v) is 7.62. The Morgan fingerprint density at radius 2 is 2.07 bits per heavy atom. The lowest BCUT2D eigenvalue weighted by atomic mass is 10.0. The van der Waals surface area contributed by atoms with Gasteiger partial charge in [0.2, 0.25) is 0 Å². The highest BCUT2D eigenvalue weighted by atomic mass is 19.1. The van der Waals surface area contributed by atoms with Gasteiger partial charge >= 0.3 is 6.03 Å². The molecule has 2 aromatic heterocycles. The number of carbonyl (C=O) groups is 1. The maximum absolute atomic E-state index is 14.4. The van der Waals surface area contributed by atoms with Crippen molar-refractivity contribution in [3.63, 3.8) is 0 Å². The molecule has 0 aliphatic carbocycles. The van der Waals surface area contributed by atoms with Gasteiger partial charge in [0.1, 0.15) is 23.1 Å². The van der Waals surface area contributed by atoms with Crippen molar-refractivity contribution in [2.24, 2.45) is 0 Å². The Morgan fingerprint density at radius 3 is 2.87 bits per heavy atom. The first kappa shape index (κ1) is 18.7. The van der Waals surface area contributed by atoms with Crippen molar-refractivity contribution in [3.8, 4) is 0 Å². The third-order valence-electron chi connectivity index (χ3n) is 5.61. The van der Waals surface area contributed by atoms with Crippen LogP contribution in [0.5, 0.6) is 0 Å². The Labute approximate surface area is 170 Å². The number of nitrogens with one attached hydrogen (secondary N) is 1. The van der Waals surface area contributed by atoms with E-state index in [-0.39, 0.29) is 12.1 Å². The maximum Gasteiger partial charge on any atom is 0.322 e. The Bertz CT molecular complexity index is 1110. The van der Waals surface area contributed by atoms with Gasteiger partial charge in [0.25, 0.3) is 0 Å². The van der Waals surface area contributed by atoms with E-state index < -0.39 is 17.7 Å². The van der Waals surface area contributed by atoms with Gasteiger partial charge in [0, 0.05) is 18.3 Å². The summed E-state index contributed by atoms with van der Waals surface area (Å²) < 4.78 is 29.6. The van der Waals surface area contributed by atoms with Gasteiger partial charge in [-0.1, -0.05) is 0 Å². The molecule has 0 spiro atoms. The molecule has 2 fully saturated rings. The number of hydrogen-bond acceptors (Lipinski definition) is 5. The zero-order chi connectivity index (χ0) is 20.8. The fraction of sp³-hybridized carbons (Fsp3) is 0.350. The number of β-amino-alcohol motifs (C(OH)–C–C–N with tert-alkyl or cyclic N) is 1. The van der Waals surface area contributed by atoms with Gasteiger partial charge in [-0.3, -0.25) is 0 Å². The van der Waals surface area contributed by atoms with Crippen LogP contribution in [0.3, 0.4) is 0 Å². The number of rotatable bonds is 3. The van der Waals surface area contributed by atoms with Crippen LogP contribution in [-0.2, 0) is 0 Å². The molecular weight excluding hydrogens is 394 g/mol. The van der Waals surface area contributed by atoms with E-state index in [1.807, 2.05) is 4.90 Å². The van der Waals surface area contributed by atoms with Crippen molar-refractivity contribution in [2.45, 2.75) is 25.0 Å². The summed E-state index contributed by atoms with van der Waals surface area (Å²) in [5.41, 5.74) is 1.20. The predicted octanol–water partition coefficient (Wildman–Crippen LogP) is 2.56. The third kappa shape index (κ3) is 3.22. The number of aliphatic hydroxyl groups is 1. The minimum Gasteiger partial charge on any atom is -0.389 e. The van der Waals surface area contributed by atoms with Crippen LogP contribution in [0.15, 0.2) is 36.7 Å². The molecule has 0 bridgehead atoms. The van der Waals surface area contributed by atoms with Crippen LogP contribution in [0.25, 0.3) is 5.65 Å². The van der Waals surface area contributed by atoms with E-state index in [0.29, 0.717) is 48.8 Å². The first-order valence-electron chi connectivity index (χ1n) is 9.79. The topological polar surface area (TPSA) is 86.0 Å². The van der Waals surface area contributed by atoms with Crippen molar-refractivity contribution in [2.75, 3.05) is 29.9 Å². The minimum atomic E-state index is -0.486. The highest BCUT2D eigenvalue weighted by molar-refractivity contribution is 5.93. The van der Waals surface area contributed by atoms with Crippen molar-refractivity contribution in [1.82, 2.24) is 19.5 Å². The molecule has 8 nitrogen and oxygen atoms in total. The molecule has 30 heavy (non-hydrogen) atoms. The Balaban J connectivity index is 1.44. The summed E-state index contributed by atoms with van der Waals surface area (Å²) in [5.74, 6) is -0.314. The Morgan fingerprint density at radius 1 is 1.23 bits per heavy atom. The largest absolute Gasteiger partial charge is 0.389 e. The first-order valence-corrected chi connectivity index (χ1v) is 9.79. The van der Waals surface area contributed by atoms with E-state index >= 15 is 0 Å². The number of amides is 2. The number of aliphatic hydroxyl groups excluding tert-OH is 1. The number of anilines is 2. The molecule has 5 rings (SSSR count). The fourth-order valence-electron chi connectivity index (χ4n) is 4.06. The first-order chi connectivity index (χ1) is 14.5. The van der Waals surface area contributed by atoms with E-state index in [1.165, 1.54) is 21.7 Å². The molecule has 2 amide bonds. The lowest BCUT2D eigenvalue weighted by Gasteiger charge is -2.35. The summed E-state index contributed by atoms with van der Waals surface area (Å²) in [6.45, 7) is 1.24. The smallest absolute Gasteiger partial charge is 0.322 e. The Kier molecular flexibility index (Phi) is 4.50. The zero-order valence-corrected chi connectivity index (χ0v) is 16.0. The molecule has 1 aromatic carbocycles. The molecule has 0 saturated carbocycles. The van der Waals surface area contributed by atoms with Gasteiger partial charge in [-0.05, 0) is 37.1 Å². The van der Waals surface area contributed by atoms with Gasteiger partial charge in [-0.15, -0.1) is 0 Å². The molecule has 1 atom stereocenters. The summed E-state index contributed by atoms with van der Waals surface area (Å²) >= 11 is 0. The van der Waals surface area contributed by atoms with Crippen molar-refractivity contribution >= 4 is 23.2 Å². The van der Waals surface area contributed by atoms with Crippen LogP contribution in [0.1, 0.15) is 24.4 Å². The van der Waals surface area contributed by atoms with Crippen LogP contribution >= 0.6 is 0 Å². The number of hydrogen-bond donors (Lipinski definition) is 2. The number of urea groups is 1. The second-order valence-electron chi connectivity index (χ2n) is 7.62. The summed E-state index contributed by atoms with van der Waals surface area (Å²) in [6.07, 6.45) is 4.26. The number of aromatic nitrogens is 3. The number of benzene rings is 1. The molecule has 10 heteroatoms. The molecule has 2 saturated heterocycles. The maximum atomic E-state index is 14.4. The second kappa shape index (κ2) is 7.21. The number of halogens is 2. The van der Waals surface area contributed by atoms with E-state index in [4.69, 9.17) is 0 Å². The summed E-state index contributed by atoms with van der Waals surface area (Å²) in [7, 11) is 0. The molecule has 2 N–H and O–H groups in total. The quantitative estimate of drug-likeness (QED) is 0.688. The van der Waals surface area contributed by atoms with Gasteiger partial charge in [0.15, 0.2) is 5.65 Å². The molecule has 3 aromatic rings. The highest BCUT2D eigenvalue weighted by Crippen LogP contribution is 2.37. The monoisotopic (exact) mass is 414 g/mol. The lowest BCUT2D eigenvalue weighted by molar-refractivity contribution is 0.0309. The molecule has 0 radical (unpaired) electrons. The van der Waals surface area contributed by atoms with Crippen LogP contribution in [-0.4, -0.2) is 56.4 Å². The lowest BCUT2D eigenvalue weighted by Crippen LogP contribution is -2.54. The minimum absolute atomic E-state index is 0.290. The standard InChI is InChI=1S/C20H20F2N6O2/c21-12-3-4-15(22)14(8-12)17-2-1-6-27(17)18-5-7-28-19(25-18)16(9-23-28)24-20(30)26-10-13(29)11-26/h3-5,7-9,13,17,29H,1-2,6,10-11H2,(H,24,30)/t17-/m1/s1. The highest BCUT2D eigenvalue weighted by Gasteiger charge is 2.31. The van der Waals surface area contributed by atoms with Gasteiger partial charge in [0.05, 0.1) is 31.4 Å². The summed E-state index contributed by atoms with van der Waals surface area (Å²) in [5, 5.41) is 16.3. The Hall–Kier alpha value is -3.27. The van der Waals surface area contributed by atoms with E-state index in [9.17, 15) is 18.7 Å². The van der Waals surface area contributed by atoms with Gasteiger partial charge in [-0.25, -0.2) is 23.1 Å². The third-order valence-corrected chi connectivity index (χ3v) is 5.61. The number of likely N-dealkylation sites (tertiary alicyclic amines) is 1. The van der Waals surface area contributed by atoms with E-state index in [2.05, 4.69) is 15.4 Å². The molecule has 0 unspecified atom stereocenters. The average Bonchev–Trinajstić information content (AvgIpc) is 3.34.